The van der Waals surface area contributed by atoms with Crippen molar-refractivity contribution in [3.05, 3.63) is 33.8 Å². The van der Waals surface area contributed by atoms with Gasteiger partial charge < -0.3 is 10.8 Å². The Morgan fingerprint density at radius 3 is 3.00 bits per heavy atom. The van der Waals surface area contributed by atoms with E-state index in [0.29, 0.717) is 13.1 Å². The fraction of sp³-hybridized carbons (Fsp3) is 0.400. The first-order chi connectivity index (χ1) is 7.85. The number of hydrogen-bond donors (Lipinski definition) is 2. The summed E-state index contributed by atoms with van der Waals surface area (Å²) in [6.07, 6.45) is 0.775. The zero-order valence-electron chi connectivity index (χ0n) is 8.83. The predicted octanol–water partition coefficient (Wildman–Crippen LogP) is 0.381. The molecule has 6 heteroatoms. The van der Waals surface area contributed by atoms with Crippen LogP contribution in [-0.2, 0) is 19.5 Å². The van der Waals surface area contributed by atoms with Crippen molar-refractivity contribution in [1.82, 2.24) is 15.0 Å². The molecule has 86 valence electrons. The van der Waals surface area contributed by atoms with Crippen LogP contribution in [0.15, 0.2) is 17.5 Å². The zero-order chi connectivity index (χ0) is 11.4. The third-order valence-electron chi connectivity index (χ3n) is 2.35. The normalized spacial score (nSPS) is 10.9. The smallest absolute Gasteiger partial charge is 0.0998 e. The van der Waals surface area contributed by atoms with E-state index in [9.17, 15) is 0 Å². The molecule has 2 aromatic heterocycles. The van der Waals surface area contributed by atoms with Crippen molar-refractivity contribution < 1.29 is 5.11 Å². The van der Waals surface area contributed by atoms with E-state index in [0.717, 1.165) is 17.8 Å². The highest BCUT2D eigenvalue weighted by Gasteiger charge is 2.12. The first-order valence-corrected chi connectivity index (χ1v) is 5.97. The average Bonchev–Trinajstić information content (AvgIpc) is 2.91. The number of aliphatic hydroxyl groups excluding tert-OH is 1. The van der Waals surface area contributed by atoms with Gasteiger partial charge in [0.2, 0.25) is 0 Å². The Bertz CT molecular complexity index is 438. The van der Waals surface area contributed by atoms with Gasteiger partial charge in [0.15, 0.2) is 0 Å². The van der Waals surface area contributed by atoms with E-state index in [1.54, 1.807) is 16.0 Å². The number of hydrogen-bond acceptors (Lipinski definition) is 5. The average molecular weight is 238 g/mol. The summed E-state index contributed by atoms with van der Waals surface area (Å²) in [5.41, 5.74) is 7.42. The quantitative estimate of drug-likeness (QED) is 0.789. The van der Waals surface area contributed by atoms with Gasteiger partial charge in [0.25, 0.3) is 0 Å². The summed E-state index contributed by atoms with van der Waals surface area (Å²) in [5, 5.41) is 19.0. The SMILES string of the molecule is NCc1nnn(CCO)c1Cc1cccs1. The molecular weight excluding hydrogens is 224 g/mol. The first-order valence-electron chi connectivity index (χ1n) is 5.09. The number of thiophene rings is 1. The number of nitrogens with two attached hydrogens (primary N) is 1. The second-order valence-corrected chi connectivity index (χ2v) is 4.42. The number of nitrogens with zero attached hydrogens (tertiary/aromatic N) is 3. The van der Waals surface area contributed by atoms with Gasteiger partial charge in [-0.1, -0.05) is 11.3 Å². The molecule has 3 N–H and O–H groups in total. The highest BCUT2D eigenvalue weighted by Crippen LogP contribution is 2.16. The summed E-state index contributed by atoms with van der Waals surface area (Å²) in [7, 11) is 0. The molecule has 0 aliphatic rings. The molecule has 0 radical (unpaired) electrons. The maximum atomic E-state index is 8.93. The summed E-state index contributed by atoms with van der Waals surface area (Å²) in [4.78, 5) is 1.25. The molecular formula is C10H14N4OS. The minimum atomic E-state index is 0.0603. The molecule has 0 atom stereocenters. The Balaban J connectivity index is 2.25. The molecule has 0 bridgehead atoms. The molecule has 0 spiro atoms. The summed E-state index contributed by atoms with van der Waals surface area (Å²) in [6, 6.07) is 4.09. The summed E-state index contributed by atoms with van der Waals surface area (Å²) >= 11 is 1.69. The maximum absolute atomic E-state index is 8.93. The van der Waals surface area contributed by atoms with Gasteiger partial charge in [-0.05, 0) is 11.4 Å². The molecule has 2 aromatic rings. The van der Waals surface area contributed by atoms with Crippen molar-refractivity contribution >= 4 is 11.3 Å². The van der Waals surface area contributed by atoms with Crippen LogP contribution in [0, 0.1) is 0 Å². The third kappa shape index (κ3) is 2.29. The van der Waals surface area contributed by atoms with Crippen LogP contribution in [0.2, 0.25) is 0 Å². The molecule has 0 unspecified atom stereocenters. The van der Waals surface area contributed by atoms with Crippen molar-refractivity contribution in [3.8, 4) is 0 Å². The van der Waals surface area contributed by atoms with E-state index < -0.39 is 0 Å². The van der Waals surface area contributed by atoms with Crippen LogP contribution >= 0.6 is 11.3 Å². The number of aromatic nitrogens is 3. The topological polar surface area (TPSA) is 77.0 Å². The van der Waals surface area contributed by atoms with Crippen molar-refractivity contribution in [1.29, 1.82) is 0 Å². The minimum Gasteiger partial charge on any atom is -0.394 e. The molecule has 2 rings (SSSR count). The molecule has 0 saturated heterocycles. The lowest BCUT2D eigenvalue weighted by Gasteiger charge is -2.04. The molecule has 0 fully saturated rings. The van der Waals surface area contributed by atoms with E-state index in [2.05, 4.69) is 16.4 Å². The van der Waals surface area contributed by atoms with Gasteiger partial charge in [-0.2, -0.15) is 0 Å². The van der Waals surface area contributed by atoms with Crippen LogP contribution in [0.5, 0.6) is 0 Å². The van der Waals surface area contributed by atoms with Crippen molar-refractivity contribution in [2.24, 2.45) is 5.73 Å². The van der Waals surface area contributed by atoms with E-state index >= 15 is 0 Å². The fourth-order valence-electron chi connectivity index (χ4n) is 1.57. The van der Waals surface area contributed by atoms with Gasteiger partial charge in [0.1, 0.15) is 0 Å². The van der Waals surface area contributed by atoms with E-state index in [1.165, 1.54) is 4.88 Å². The monoisotopic (exact) mass is 238 g/mol. The number of rotatable bonds is 5. The molecule has 16 heavy (non-hydrogen) atoms. The highest BCUT2D eigenvalue weighted by atomic mass is 32.1. The standard InChI is InChI=1S/C10H14N4OS/c11-7-9-10(6-8-2-1-5-16-8)14(3-4-15)13-12-9/h1-2,5,15H,3-4,6-7,11H2. The van der Waals surface area contributed by atoms with Gasteiger partial charge >= 0.3 is 0 Å². The van der Waals surface area contributed by atoms with Crippen LogP contribution in [0.25, 0.3) is 0 Å². The van der Waals surface area contributed by atoms with Crippen molar-refractivity contribution in [2.45, 2.75) is 19.5 Å². The van der Waals surface area contributed by atoms with Crippen LogP contribution in [0.1, 0.15) is 16.3 Å². The van der Waals surface area contributed by atoms with E-state index in [-0.39, 0.29) is 6.61 Å². The lowest BCUT2D eigenvalue weighted by Crippen LogP contribution is -2.10. The Hall–Kier alpha value is -1.24. The molecule has 0 saturated carbocycles. The molecule has 0 amide bonds. The van der Waals surface area contributed by atoms with E-state index in [4.69, 9.17) is 10.8 Å². The largest absolute Gasteiger partial charge is 0.394 e. The highest BCUT2D eigenvalue weighted by molar-refractivity contribution is 7.09. The second-order valence-electron chi connectivity index (χ2n) is 3.39. The lowest BCUT2D eigenvalue weighted by molar-refractivity contribution is 0.266. The van der Waals surface area contributed by atoms with Crippen molar-refractivity contribution in [3.63, 3.8) is 0 Å². The summed E-state index contributed by atoms with van der Waals surface area (Å²) in [6.45, 7) is 0.907. The molecule has 0 aliphatic heterocycles. The van der Waals surface area contributed by atoms with Gasteiger partial charge in [-0.15, -0.1) is 16.4 Å². The molecule has 2 heterocycles. The summed E-state index contributed by atoms with van der Waals surface area (Å²) in [5.74, 6) is 0. The van der Waals surface area contributed by atoms with Crippen LogP contribution in [0.3, 0.4) is 0 Å². The van der Waals surface area contributed by atoms with Crippen LogP contribution in [0.4, 0.5) is 0 Å². The summed E-state index contributed by atoms with van der Waals surface area (Å²) < 4.78 is 1.72. The molecule has 5 nitrogen and oxygen atoms in total. The Morgan fingerprint density at radius 2 is 2.38 bits per heavy atom. The zero-order valence-corrected chi connectivity index (χ0v) is 9.65. The second kappa shape index (κ2) is 5.20. The molecule has 0 aromatic carbocycles. The lowest BCUT2D eigenvalue weighted by atomic mass is 10.2. The first kappa shape index (κ1) is 11.3. The Labute approximate surface area is 97.5 Å². The van der Waals surface area contributed by atoms with Crippen LogP contribution < -0.4 is 5.73 Å². The van der Waals surface area contributed by atoms with Gasteiger partial charge in [0, 0.05) is 17.8 Å². The van der Waals surface area contributed by atoms with Crippen LogP contribution in [-0.4, -0.2) is 26.7 Å². The minimum absolute atomic E-state index is 0.0603. The van der Waals surface area contributed by atoms with Gasteiger partial charge in [-0.3, -0.25) is 0 Å². The number of aliphatic hydroxyl groups is 1. The molecule has 0 aliphatic carbocycles. The fourth-order valence-corrected chi connectivity index (χ4v) is 2.28. The third-order valence-corrected chi connectivity index (χ3v) is 3.22. The Morgan fingerprint density at radius 1 is 1.50 bits per heavy atom. The van der Waals surface area contributed by atoms with Gasteiger partial charge in [0.05, 0.1) is 24.5 Å². The maximum Gasteiger partial charge on any atom is 0.0998 e. The van der Waals surface area contributed by atoms with E-state index in [1.807, 2.05) is 11.4 Å². The Kier molecular flexibility index (Phi) is 3.66. The van der Waals surface area contributed by atoms with Gasteiger partial charge in [-0.25, -0.2) is 4.68 Å². The predicted molar refractivity (Wildman–Crippen MR) is 62.1 cm³/mol. The van der Waals surface area contributed by atoms with Crippen molar-refractivity contribution in [2.75, 3.05) is 6.61 Å².